The van der Waals surface area contributed by atoms with E-state index in [4.69, 9.17) is 16.0 Å². The van der Waals surface area contributed by atoms with Crippen LogP contribution in [-0.4, -0.2) is 5.78 Å². The number of benzene rings is 2. The van der Waals surface area contributed by atoms with Gasteiger partial charge in [0.25, 0.3) is 0 Å². The number of hydrogen-bond donors (Lipinski definition) is 0. The van der Waals surface area contributed by atoms with Crippen LogP contribution in [0, 0.1) is 0 Å². The number of allylic oxidation sites excluding steroid dienone is 1. The third-order valence-corrected chi connectivity index (χ3v) is 6.46. The predicted octanol–water partition coefficient (Wildman–Crippen LogP) is 6.40. The molecule has 2 aromatic carbocycles. The molecule has 2 nitrogen and oxygen atoms in total. The number of carbonyl (C=O) groups excluding carboxylic acids is 1. The van der Waals surface area contributed by atoms with Crippen LogP contribution in [0.4, 0.5) is 0 Å². The molecule has 0 aliphatic heterocycles. The molecule has 1 heterocycles. The minimum absolute atomic E-state index is 0.157. The average molecular weight is 389 g/mol. The second-order valence-electron chi connectivity index (χ2n) is 7.77. The second-order valence-corrected chi connectivity index (χ2v) is 8.18. The third-order valence-electron chi connectivity index (χ3n) is 6.11. The Morgan fingerprint density at radius 1 is 1.07 bits per heavy atom. The molecule has 1 unspecified atom stereocenters. The first kappa shape index (κ1) is 17.5. The molecule has 1 aromatic heterocycles. The van der Waals surface area contributed by atoms with E-state index in [0.717, 1.165) is 42.0 Å². The molecule has 2 aliphatic rings. The zero-order chi connectivity index (χ0) is 19.3. The highest BCUT2D eigenvalue weighted by atomic mass is 35.5. The Hall–Kier alpha value is -2.58. The zero-order valence-corrected chi connectivity index (χ0v) is 16.6. The van der Waals surface area contributed by atoms with Crippen LogP contribution in [0.15, 0.2) is 58.7 Å². The SMILES string of the molecule is CC(=O)C1=Cc2ccc3c(c2C(Cc2ccco2)C1)CCc1c(Cl)cccc1-3. The molecular weight excluding hydrogens is 368 g/mol. The summed E-state index contributed by atoms with van der Waals surface area (Å²) in [6.45, 7) is 1.66. The molecule has 0 saturated carbocycles. The Morgan fingerprint density at radius 2 is 1.89 bits per heavy atom. The van der Waals surface area contributed by atoms with Gasteiger partial charge in [-0.1, -0.05) is 35.9 Å². The number of fused-ring (bicyclic) bond motifs is 5. The number of ketones is 1. The number of hydrogen-bond acceptors (Lipinski definition) is 2. The molecule has 0 amide bonds. The first-order valence-corrected chi connectivity index (χ1v) is 10.2. The summed E-state index contributed by atoms with van der Waals surface area (Å²) in [7, 11) is 0. The fraction of sp³-hybridized carbons (Fsp3) is 0.240. The molecule has 3 heteroatoms. The zero-order valence-electron chi connectivity index (χ0n) is 15.8. The number of rotatable bonds is 3. The second kappa shape index (κ2) is 6.79. The van der Waals surface area contributed by atoms with Crippen LogP contribution in [0.25, 0.3) is 17.2 Å². The summed E-state index contributed by atoms with van der Waals surface area (Å²) in [6.07, 6.45) is 7.32. The van der Waals surface area contributed by atoms with Gasteiger partial charge in [0.05, 0.1) is 6.26 Å². The molecule has 0 bridgehead atoms. The van der Waals surface area contributed by atoms with Crippen LogP contribution in [0.5, 0.6) is 0 Å². The van der Waals surface area contributed by atoms with E-state index in [9.17, 15) is 4.79 Å². The molecule has 28 heavy (non-hydrogen) atoms. The summed E-state index contributed by atoms with van der Waals surface area (Å²) in [5.74, 6) is 1.38. The fourth-order valence-corrected chi connectivity index (χ4v) is 5.10. The molecule has 1 atom stereocenters. The lowest BCUT2D eigenvalue weighted by molar-refractivity contribution is -0.113. The van der Waals surface area contributed by atoms with Crippen molar-refractivity contribution in [3.63, 3.8) is 0 Å². The largest absolute Gasteiger partial charge is 0.469 e. The topological polar surface area (TPSA) is 30.2 Å². The average Bonchev–Trinajstić information content (AvgIpc) is 3.20. The normalized spacial score (nSPS) is 17.4. The minimum atomic E-state index is 0.157. The number of halogens is 1. The summed E-state index contributed by atoms with van der Waals surface area (Å²) < 4.78 is 5.64. The molecule has 5 rings (SSSR count). The standard InChI is InChI=1S/C25H21ClO2/c1-15(27)17-12-16-7-8-21-20-5-2-6-24(26)22(20)9-10-23(21)25(16)18(13-17)14-19-4-3-11-28-19/h2-8,11-12,18H,9-10,13-14H2,1H3. The lowest BCUT2D eigenvalue weighted by Crippen LogP contribution is -2.18. The highest BCUT2D eigenvalue weighted by molar-refractivity contribution is 6.31. The lowest BCUT2D eigenvalue weighted by atomic mass is 9.73. The third kappa shape index (κ3) is 2.84. The van der Waals surface area contributed by atoms with Crippen molar-refractivity contribution in [3.05, 3.63) is 87.3 Å². The highest BCUT2D eigenvalue weighted by Crippen LogP contribution is 2.45. The van der Waals surface area contributed by atoms with Crippen LogP contribution in [0.1, 0.15) is 47.3 Å². The van der Waals surface area contributed by atoms with Gasteiger partial charge in [-0.15, -0.1) is 0 Å². The maximum atomic E-state index is 12.1. The molecule has 2 aliphatic carbocycles. The molecule has 0 radical (unpaired) electrons. The van der Waals surface area contributed by atoms with E-state index in [1.54, 1.807) is 13.2 Å². The molecule has 0 fully saturated rings. The van der Waals surface area contributed by atoms with Gasteiger partial charge in [-0.05, 0) is 95.3 Å². The molecule has 140 valence electrons. The Kier molecular flexibility index (Phi) is 4.25. The van der Waals surface area contributed by atoms with E-state index >= 15 is 0 Å². The Bertz CT molecular complexity index is 1110. The first-order chi connectivity index (χ1) is 13.6. The van der Waals surface area contributed by atoms with Gasteiger partial charge in [0.1, 0.15) is 5.76 Å². The van der Waals surface area contributed by atoms with E-state index in [2.05, 4.69) is 24.3 Å². The summed E-state index contributed by atoms with van der Waals surface area (Å²) in [5.41, 5.74) is 8.64. The predicted molar refractivity (Wildman–Crippen MR) is 113 cm³/mol. The van der Waals surface area contributed by atoms with Gasteiger partial charge >= 0.3 is 0 Å². The Morgan fingerprint density at radius 3 is 2.68 bits per heavy atom. The van der Waals surface area contributed by atoms with Gasteiger partial charge in [-0.3, -0.25) is 4.79 Å². The molecule has 0 N–H and O–H groups in total. The van der Waals surface area contributed by atoms with Crippen molar-refractivity contribution < 1.29 is 9.21 Å². The molecule has 0 saturated heterocycles. The van der Waals surface area contributed by atoms with Crippen molar-refractivity contribution in [3.8, 4) is 11.1 Å². The van der Waals surface area contributed by atoms with Gasteiger partial charge in [0, 0.05) is 11.4 Å². The number of furan rings is 1. The number of carbonyl (C=O) groups is 1. The molecule has 3 aromatic rings. The van der Waals surface area contributed by atoms with E-state index in [1.807, 2.05) is 24.3 Å². The fourth-order valence-electron chi connectivity index (χ4n) is 4.83. The molecule has 0 spiro atoms. The Labute approximate surface area is 169 Å². The van der Waals surface area contributed by atoms with Crippen molar-refractivity contribution in [2.75, 3.05) is 0 Å². The van der Waals surface area contributed by atoms with Crippen molar-refractivity contribution in [1.29, 1.82) is 0 Å². The Balaban J connectivity index is 1.69. The highest BCUT2D eigenvalue weighted by Gasteiger charge is 2.30. The van der Waals surface area contributed by atoms with E-state index in [-0.39, 0.29) is 11.7 Å². The molecular formula is C25H21ClO2. The lowest BCUT2D eigenvalue weighted by Gasteiger charge is -2.31. The summed E-state index contributed by atoms with van der Waals surface area (Å²) in [4.78, 5) is 12.1. The minimum Gasteiger partial charge on any atom is -0.469 e. The quantitative estimate of drug-likeness (QED) is 0.519. The summed E-state index contributed by atoms with van der Waals surface area (Å²) in [6, 6.07) is 14.5. The van der Waals surface area contributed by atoms with Gasteiger partial charge in [0.15, 0.2) is 5.78 Å². The van der Waals surface area contributed by atoms with E-state index < -0.39 is 0 Å². The van der Waals surface area contributed by atoms with Crippen molar-refractivity contribution in [1.82, 2.24) is 0 Å². The van der Waals surface area contributed by atoms with Crippen molar-refractivity contribution in [2.45, 2.75) is 38.5 Å². The summed E-state index contributed by atoms with van der Waals surface area (Å²) >= 11 is 6.47. The van der Waals surface area contributed by atoms with Crippen LogP contribution in [-0.2, 0) is 24.1 Å². The monoisotopic (exact) mass is 388 g/mol. The van der Waals surface area contributed by atoms with Crippen molar-refractivity contribution >= 4 is 23.5 Å². The maximum Gasteiger partial charge on any atom is 0.155 e. The van der Waals surface area contributed by atoms with Crippen LogP contribution >= 0.6 is 11.6 Å². The van der Waals surface area contributed by atoms with Gasteiger partial charge in [0.2, 0.25) is 0 Å². The maximum absolute atomic E-state index is 12.1. The van der Waals surface area contributed by atoms with Crippen molar-refractivity contribution in [2.24, 2.45) is 0 Å². The van der Waals surface area contributed by atoms with Crippen LogP contribution < -0.4 is 0 Å². The van der Waals surface area contributed by atoms with Gasteiger partial charge < -0.3 is 4.42 Å². The first-order valence-electron chi connectivity index (χ1n) is 9.79. The number of Topliss-reactive ketones (excluding diaryl/α,β-unsaturated/α-hetero) is 1. The van der Waals surface area contributed by atoms with Crippen LogP contribution in [0.3, 0.4) is 0 Å². The van der Waals surface area contributed by atoms with E-state index in [1.165, 1.54) is 33.4 Å². The van der Waals surface area contributed by atoms with E-state index in [0.29, 0.717) is 0 Å². The van der Waals surface area contributed by atoms with Gasteiger partial charge in [-0.2, -0.15) is 0 Å². The summed E-state index contributed by atoms with van der Waals surface area (Å²) in [5, 5.41) is 0.853. The van der Waals surface area contributed by atoms with Crippen LogP contribution in [0.2, 0.25) is 5.02 Å². The smallest absolute Gasteiger partial charge is 0.155 e. The van der Waals surface area contributed by atoms with Gasteiger partial charge in [-0.25, -0.2) is 0 Å².